The van der Waals surface area contributed by atoms with Gasteiger partial charge >= 0.3 is 0 Å². The van der Waals surface area contributed by atoms with Gasteiger partial charge < -0.3 is 10.2 Å². The standard InChI is InChI=1S/C17H20N4O4S/c22-14-7-12(16(24)20-19-14)8-15(23)21-5-1-3-11(10-21)9-18-17(25)13-4-2-6-26-13/h2,4,6-7,11H,1,3,5,8-10H2,(H,18,25)(H,19,22)(H,20,24). The predicted molar refractivity (Wildman–Crippen MR) is 97.3 cm³/mol. The number of nitrogens with zero attached hydrogens (tertiary/aromatic N) is 1. The monoisotopic (exact) mass is 376 g/mol. The lowest BCUT2D eigenvalue weighted by atomic mass is 9.97. The van der Waals surface area contributed by atoms with Crippen LogP contribution in [0.15, 0.2) is 33.2 Å². The van der Waals surface area contributed by atoms with Crippen LogP contribution in [0, 0.1) is 5.92 Å². The Morgan fingerprint density at radius 2 is 2.15 bits per heavy atom. The summed E-state index contributed by atoms with van der Waals surface area (Å²) in [5.41, 5.74) is -0.748. The third-order valence-electron chi connectivity index (χ3n) is 4.41. The molecular weight excluding hydrogens is 356 g/mol. The lowest BCUT2D eigenvalue weighted by molar-refractivity contribution is -0.132. The molecule has 0 radical (unpaired) electrons. The predicted octanol–water partition coefficient (Wildman–Crippen LogP) is 0.336. The summed E-state index contributed by atoms with van der Waals surface area (Å²) >= 11 is 1.39. The van der Waals surface area contributed by atoms with Gasteiger partial charge in [-0.15, -0.1) is 11.3 Å². The van der Waals surface area contributed by atoms with Crippen LogP contribution in [0.1, 0.15) is 28.1 Å². The van der Waals surface area contributed by atoms with E-state index in [1.807, 2.05) is 11.4 Å². The lowest BCUT2D eigenvalue weighted by Gasteiger charge is -2.33. The van der Waals surface area contributed by atoms with Gasteiger partial charge in [-0.3, -0.25) is 29.4 Å². The third kappa shape index (κ3) is 4.48. The maximum Gasteiger partial charge on any atom is 0.266 e. The number of H-pyrrole nitrogens is 2. The molecule has 1 aliphatic heterocycles. The smallest absolute Gasteiger partial charge is 0.266 e. The van der Waals surface area contributed by atoms with Crippen molar-refractivity contribution in [2.24, 2.45) is 5.92 Å². The van der Waals surface area contributed by atoms with Crippen molar-refractivity contribution in [2.75, 3.05) is 19.6 Å². The van der Waals surface area contributed by atoms with Crippen LogP contribution in [0.25, 0.3) is 0 Å². The second-order valence-electron chi connectivity index (χ2n) is 6.33. The molecule has 2 aromatic heterocycles. The van der Waals surface area contributed by atoms with E-state index in [4.69, 9.17) is 0 Å². The highest BCUT2D eigenvalue weighted by Crippen LogP contribution is 2.17. The molecule has 0 aromatic carbocycles. The summed E-state index contributed by atoms with van der Waals surface area (Å²) < 4.78 is 0. The van der Waals surface area contributed by atoms with Gasteiger partial charge in [-0.25, -0.2) is 0 Å². The fraction of sp³-hybridized carbons (Fsp3) is 0.412. The van der Waals surface area contributed by atoms with E-state index in [1.165, 1.54) is 11.3 Å². The molecule has 9 heteroatoms. The normalized spacial score (nSPS) is 17.1. The average Bonchev–Trinajstić information content (AvgIpc) is 3.18. The molecule has 0 aliphatic carbocycles. The van der Waals surface area contributed by atoms with Gasteiger partial charge in [0.1, 0.15) is 0 Å². The van der Waals surface area contributed by atoms with Gasteiger partial charge in [-0.1, -0.05) is 6.07 Å². The number of nitrogens with one attached hydrogen (secondary N) is 3. The Balaban J connectivity index is 1.55. The van der Waals surface area contributed by atoms with Crippen LogP contribution in [0.2, 0.25) is 0 Å². The quantitative estimate of drug-likeness (QED) is 0.698. The van der Waals surface area contributed by atoms with Crippen molar-refractivity contribution in [3.63, 3.8) is 0 Å². The molecule has 2 amide bonds. The molecule has 3 N–H and O–H groups in total. The zero-order valence-corrected chi connectivity index (χ0v) is 14.9. The largest absolute Gasteiger partial charge is 0.351 e. The molecule has 1 fully saturated rings. The number of hydrogen-bond donors (Lipinski definition) is 3. The topological polar surface area (TPSA) is 115 Å². The number of rotatable bonds is 5. The van der Waals surface area contributed by atoms with E-state index < -0.39 is 11.1 Å². The van der Waals surface area contributed by atoms with Gasteiger partial charge in [0.25, 0.3) is 17.0 Å². The molecule has 0 bridgehead atoms. The van der Waals surface area contributed by atoms with Crippen LogP contribution in [0.4, 0.5) is 0 Å². The van der Waals surface area contributed by atoms with Crippen LogP contribution in [0.5, 0.6) is 0 Å². The van der Waals surface area contributed by atoms with Gasteiger partial charge in [0.05, 0.1) is 11.3 Å². The summed E-state index contributed by atoms with van der Waals surface area (Å²) in [7, 11) is 0. The van der Waals surface area contributed by atoms with Crippen LogP contribution in [-0.4, -0.2) is 46.5 Å². The fourth-order valence-corrected chi connectivity index (χ4v) is 3.69. The van der Waals surface area contributed by atoms with E-state index in [9.17, 15) is 19.2 Å². The Hall–Kier alpha value is -2.68. The Bertz CT molecular complexity index is 887. The van der Waals surface area contributed by atoms with Crippen LogP contribution in [0.3, 0.4) is 0 Å². The van der Waals surface area contributed by atoms with Crippen molar-refractivity contribution in [1.29, 1.82) is 0 Å². The number of carbonyl (C=O) groups excluding carboxylic acids is 2. The summed E-state index contributed by atoms with van der Waals surface area (Å²) in [6, 6.07) is 4.76. The Morgan fingerprint density at radius 3 is 2.92 bits per heavy atom. The molecule has 1 unspecified atom stereocenters. The molecular formula is C17H20N4O4S. The average molecular weight is 376 g/mol. The molecule has 3 rings (SSSR count). The first-order valence-corrected chi connectivity index (χ1v) is 9.31. The summed E-state index contributed by atoms with van der Waals surface area (Å²) in [4.78, 5) is 49.9. The fourth-order valence-electron chi connectivity index (χ4n) is 3.05. The lowest BCUT2D eigenvalue weighted by Crippen LogP contribution is -2.44. The molecule has 1 saturated heterocycles. The first kappa shape index (κ1) is 18.1. The van der Waals surface area contributed by atoms with Crippen molar-refractivity contribution >= 4 is 23.2 Å². The van der Waals surface area contributed by atoms with E-state index in [-0.39, 0.29) is 29.7 Å². The Labute approximate surface area is 153 Å². The first-order chi connectivity index (χ1) is 12.5. The van der Waals surface area contributed by atoms with Gasteiger partial charge in [0, 0.05) is 31.3 Å². The van der Waals surface area contributed by atoms with E-state index in [1.54, 1.807) is 11.0 Å². The van der Waals surface area contributed by atoms with Crippen molar-refractivity contribution < 1.29 is 9.59 Å². The highest BCUT2D eigenvalue weighted by atomic mass is 32.1. The molecule has 26 heavy (non-hydrogen) atoms. The SMILES string of the molecule is O=C(NCC1CCCN(C(=O)Cc2cc(=O)[nH][nH]c2=O)C1)c1cccs1. The van der Waals surface area contributed by atoms with Gasteiger partial charge in [0.2, 0.25) is 5.91 Å². The molecule has 0 saturated carbocycles. The van der Waals surface area contributed by atoms with Gasteiger partial charge in [0.15, 0.2) is 0 Å². The highest BCUT2D eigenvalue weighted by Gasteiger charge is 2.24. The third-order valence-corrected chi connectivity index (χ3v) is 5.27. The van der Waals surface area contributed by atoms with Gasteiger partial charge in [-0.05, 0) is 30.2 Å². The number of likely N-dealkylation sites (tertiary alicyclic amines) is 1. The van der Waals surface area contributed by atoms with E-state index in [0.29, 0.717) is 24.5 Å². The molecule has 1 aliphatic rings. The van der Waals surface area contributed by atoms with Crippen molar-refractivity contribution in [2.45, 2.75) is 19.3 Å². The minimum atomic E-state index is -0.463. The van der Waals surface area contributed by atoms with E-state index in [0.717, 1.165) is 18.9 Å². The maximum absolute atomic E-state index is 12.5. The molecule has 2 aromatic rings. The number of aromatic amines is 2. The molecule has 138 valence electrons. The molecule has 1 atom stereocenters. The highest BCUT2D eigenvalue weighted by molar-refractivity contribution is 7.12. The number of aromatic nitrogens is 2. The summed E-state index contributed by atoms with van der Waals surface area (Å²) in [5, 5.41) is 9.17. The first-order valence-electron chi connectivity index (χ1n) is 8.43. The second kappa shape index (κ2) is 8.13. The number of amides is 2. The summed E-state index contributed by atoms with van der Waals surface area (Å²) in [6.07, 6.45) is 1.67. The van der Waals surface area contributed by atoms with Crippen molar-refractivity contribution in [3.05, 3.63) is 54.7 Å². The zero-order valence-electron chi connectivity index (χ0n) is 14.1. The zero-order chi connectivity index (χ0) is 18.5. The number of thiophene rings is 1. The second-order valence-corrected chi connectivity index (χ2v) is 7.27. The van der Waals surface area contributed by atoms with Crippen molar-refractivity contribution in [1.82, 2.24) is 20.4 Å². The summed E-state index contributed by atoms with van der Waals surface area (Å²) in [6.45, 7) is 1.66. The van der Waals surface area contributed by atoms with Crippen LogP contribution < -0.4 is 16.4 Å². The molecule has 3 heterocycles. The van der Waals surface area contributed by atoms with E-state index in [2.05, 4.69) is 15.5 Å². The Morgan fingerprint density at radius 1 is 1.31 bits per heavy atom. The number of carbonyl (C=O) groups is 2. The minimum Gasteiger partial charge on any atom is -0.351 e. The number of hydrogen-bond acceptors (Lipinski definition) is 5. The van der Waals surface area contributed by atoms with Gasteiger partial charge in [-0.2, -0.15) is 0 Å². The summed E-state index contributed by atoms with van der Waals surface area (Å²) in [5.74, 6) is -0.108. The number of piperidine rings is 1. The molecule has 0 spiro atoms. The molecule has 8 nitrogen and oxygen atoms in total. The van der Waals surface area contributed by atoms with Crippen LogP contribution in [-0.2, 0) is 11.2 Å². The minimum absolute atomic E-state index is 0.0986. The van der Waals surface area contributed by atoms with Crippen molar-refractivity contribution in [3.8, 4) is 0 Å². The maximum atomic E-state index is 12.5. The van der Waals surface area contributed by atoms with Crippen LogP contribution >= 0.6 is 11.3 Å². The Kier molecular flexibility index (Phi) is 5.67. The van der Waals surface area contributed by atoms with E-state index >= 15 is 0 Å².